The quantitative estimate of drug-likeness (QED) is 0.917. The van der Waals surface area contributed by atoms with E-state index in [1.54, 1.807) is 0 Å². The van der Waals surface area contributed by atoms with Crippen LogP contribution >= 0.6 is 0 Å². The van der Waals surface area contributed by atoms with Gasteiger partial charge in [0.05, 0.1) is 0 Å². The second kappa shape index (κ2) is 7.59. The first-order valence-electron chi connectivity index (χ1n) is 8.84. The van der Waals surface area contributed by atoms with E-state index in [1.165, 1.54) is 5.56 Å². The summed E-state index contributed by atoms with van der Waals surface area (Å²) < 4.78 is 0. The molecule has 1 N–H and O–H groups in total. The van der Waals surface area contributed by atoms with Gasteiger partial charge in [0, 0.05) is 46.0 Å². The largest absolute Gasteiger partial charge is 0.361 e. The average Bonchev–Trinajstić information content (AvgIpc) is 2.65. The van der Waals surface area contributed by atoms with E-state index in [-0.39, 0.29) is 6.03 Å². The van der Waals surface area contributed by atoms with Crippen LogP contribution in [0, 0.1) is 13.8 Å². The molecule has 0 aliphatic carbocycles. The number of nitrogens with zero attached hydrogens (tertiary/aromatic N) is 5. The Morgan fingerprint density at radius 2 is 1.77 bits per heavy atom. The molecule has 1 aliphatic heterocycles. The number of hydrogen-bond donors (Lipinski definition) is 1. The van der Waals surface area contributed by atoms with Crippen molar-refractivity contribution in [2.24, 2.45) is 0 Å². The third kappa shape index (κ3) is 3.87. The highest BCUT2D eigenvalue weighted by Gasteiger charge is 2.22. The molecular formula is C19H26N6O. The van der Waals surface area contributed by atoms with E-state index >= 15 is 0 Å². The summed E-state index contributed by atoms with van der Waals surface area (Å²) in [4.78, 5) is 18.5. The first-order valence-corrected chi connectivity index (χ1v) is 8.84. The van der Waals surface area contributed by atoms with Gasteiger partial charge in [0.1, 0.15) is 0 Å². The molecular weight excluding hydrogens is 328 g/mol. The molecule has 1 saturated heterocycles. The lowest BCUT2D eigenvalue weighted by atomic mass is 10.1. The van der Waals surface area contributed by atoms with Gasteiger partial charge in [-0.05, 0) is 43.2 Å². The first-order chi connectivity index (χ1) is 12.5. The zero-order valence-corrected chi connectivity index (χ0v) is 15.9. The van der Waals surface area contributed by atoms with Gasteiger partial charge in [-0.1, -0.05) is 12.1 Å². The number of piperazine rings is 1. The van der Waals surface area contributed by atoms with Crippen molar-refractivity contribution >= 4 is 23.4 Å². The zero-order valence-electron chi connectivity index (χ0n) is 15.9. The van der Waals surface area contributed by atoms with Gasteiger partial charge in [0.15, 0.2) is 11.6 Å². The number of aryl methyl sites for hydroxylation is 1. The summed E-state index contributed by atoms with van der Waals surface area (Å²) in [5.41, 5.74) is 3.16. The van der Waals surface area contributed by atoms with Crippen molar-refractivity contribution in [3.63, 3.8) is 0 Å². The van der Waals surface area contributed by atoms with Gasteiger partial charge >= 0.3 is 6.03 Å². The summed E-state index contributed by atoms with van der Waals surface area (Å²) in [5, 5.41) is 11.6. The Balaban J connectivity index is 1.57. The van der Waals surface area contributed by atoms with Crippen LogP contribution in [0.2, 0.25) is 0 Å². The Hall–Kier alpha value is -2.83. The van der Waals surface area contributed by atoms with Crippen molar-refractivity contribution in [1.29, 1.82) is 0 Å². The van der Waals surface area contributed by atoms with Crippen molar-refractivity contribution in [2.45, 2.75) is 13.8 Å². The molecule has 0 saturated carbocycles. The Kier molecular flexibility index (Phi) is 5.25. The van der Waals surface area contributed by atoms with Gasteiger partial charge in [-0.25, -0.2) is 4.79 Å². The summed E-state index contributed by atoms with van der Waals surface area (Å²) in [5.74, 6) is 1.69. The third-order valence-electron chi connectivity index (χ3n) is 4.83. The molecule has 1 aromatic heterocycles. The Bertz CT molecular complexity index is 766. The van der Waals surface area contributed by atoms with Crippen LogP contribution in [0.5, 0.6) is 0 Å². The maximum absolute atomic E-state index is 12.6. The number of amides is 2. The first kappa shape index (κ1) is 18.0. The number of urea groups is 1. The van der Waals surface area contributed by atoms with Gasteiger partial charge in [-0.15, -0.1) is 10.2 Å². The molecule has 3 rings (SSSR count). The molecule has 1 aromatic carbocycles. The molecule has 0 radical (unpaired) electrons. The Morgan fingerprint density at radius 3 is 2.38 bits per heavy atom. The summed E-state index contributed by atoms with van der Waals surface area (Å²) in [6.45, 7) is 6.89. The Morgan fingerprint density at radius 1 is 1.04 bits per heavy atom. The predicted molar refractivity (Wildman–Crippen MR) is 105 cm³/mol. The van der Waals surface area contributed by atoms with Crippen LogP contribution in [0.15, 0.2) is 30.3 Å². The fraction of sp³-hybridized carbons (Fsp3) is 0.421. The number of carbonyl (C=O) groups is 1. The number of benzene rings is 1. The minimum Gasteiger partial charge on any atom is -0.361 e. The monoisotopic (exact) mass is 354 g/mol. The molecule has 0 bridgehead atoms. The highest BCUT2D eigenvalue weighted by molar-refractivity contribution is 5.90. The van der Waals surface area contributed by atoms with Crippen LogP contribution in [0.25, 0.3) is 0 Å². The number of hydrogen-bond acceptors (Lipinski definition) is 5. The van der Waals surface area contributed by atoms with Gasteiger partial charge in [0.2, 0.25) is 0 Å². The molecule has 0 unspecified atom stereocenters. The lowest BCUT2D eigenvalue weighted by Crippen LogP contribution is -2.50. The summed E-state index contributed by atoms with van der Waals surface area (Å²) in [6, 6.07) is 9.85. The van der Waals surface area contributed by atoms with Gasteiger partial charge in [-0.3, -0.25) is 0 Å². The second-order valence-corrected chi connectivity index (χ2v) is 6.80. The maximum Gasteiger partial charge on any atom is 0.321 e. The number of carbonyl (C=O) groups excluding carboxylic acids is 1. The number of anilines is 3. The molecule has 26 heavy (non-hydrogen) atoms. The van der Waals surface area contributed by atoms with Crippen molar-refractivity contribution in [3.8, 4) is 0 Å². The lowest BCUT2D eigenvalue weighted by Gasteiger charge is -2.35. The smallest absolute Gasteiger partial charge is 0.321 e. The van der Waals surface area contributed by atoms with E-state index in [0.717, 1.165) is 36.0 Å². The Labute approximate surface area is 154 Å². The van der Waals surface area contributed by atoms with E-state index < -0.39 is 0 Å². The van der Waals surface area contributed by atoms with Crippen molar-refractivity contribution in [2.75, 3.05) is 55.4 Å². The topological polar surface area (TPSA) is 64.6 Å². The number of rotatable bonds is 3. The molecule has 2 aromatic rings. The van der Waals surface area contributed by atoms with Gasteiger partial charge in [0.25, 0.3) is 0 Å². The summed E-state index contributed by atoms with van der Waals surface area (Å²) >= 11 is 0. The number of nitrogens with one attached hydrogen (secondary N) is 1. The van der Waals surface area contributed by atoms with Crippen LogP contribution in [-0.2, 0) is 0 Å². The lowest BCUT2D eigenvalue weighted by molar-refractivity contribution is 0.208. The molecule has 138 valence electrons. The van der Waals surface area contributed by atoms with E-state index in [1.807, 2.05) is 68.1 Å². The van der Waals surface area contributed by atoms with Crippen LogP contribution in [-0.4, -0.2) is 61.4 Å². The van der Waals surface area contributed by atoms with Crippen molar-refractivity contribution in [3.05, 3.63) is 41.5 Å². The van der Waals surface area contributed by atoms with E-state index in [2.05, 4.69) is 20.4 Å². The maximum atomic E-state index is 12.6. The van der Waals surface area contributed by atoms with Crippen LogP contribution in [0.1, 0.15) is 11.1 Å². The fourth-order valence-electron chi connectivity index (χ4n) is 2.94. The standard InChI is InChI=1S/C19H26N6O/c1-14-6-5-7-16(15(14)2)20-19(26)25-12-10-24(11-13-25)18-9-8-17(21-22-18)23(3)4/h5-9H,10-13H2,1-4H3,(H,20,26). The minimum absolute atomic E-state index is 0.0487. The third-order valence-corrected chi connectivity index (χ3v) is 4.83. The second-order valence-electron chi connectivity index (χ2n) is 6.80. The molecule has 0 atom stereocenters. The van der Waals surface area contributed by atoms with Crippen LogP contribution < -0.4 is 15.1 Å². The minimum atomic E-state index is -0.0487. The predicted octanol–water partition coefficient (Wildman–Crippen LogP) is 2.51. The zero-order chi connectivity index (χ0) is 18.7. The fourth-order valence-corrected chi connectivity index (χ4v) is 2.94. The molecule has 2 amide bonds. The average molecular weight is 354 g/mol. The molecule has 0 spiro atoms. The van der Waals surface area contributed by atoms with Crippen LogP contribution in [0.3, 0.4) is 0 Å². The molecule has 1 fully saturated rings. The van der Waals surface area contributed by atoms with E-state index in [9.17, 15) is 4.79 Å². The SMILES string of the molecule is Cc1cccc(NC(=O)N2CCN(c3ccc(N(C)C)nn3)CC2)c1C. The molecule has 7 heteroatoms. The van der Waals surface area contributed by atoms with Gasteiger partial charge in [-0.2, -0.15) is 0 Å². The molecule has 7 nitrogen and oxygen atoms in total. The number of aromatic nitrogens is 2. The normalized spacial score (nSPS) is 14.3. The summed E-state index contributed by atoms with van der Waals surface area (Å²) in [7, 11) is 3.88. The highest BCUT2D eigenvalue weighted by atomic mass is 16.2. The highest BCUT2D eigenvalue weighted by Crippen LogP contribution is 2.19. The van der Waals surface area contributed by atoms with Gasteiger partial charge < -0.3 is 20.0 Å². The van der Waals surface area contributed by atoms with E-state index in [0.29, 0.717) is 13.1 Å². The molecule has 1 aliphatic rings. The van der Waals surface area contributed by atoms with Crippen LogP contribution in [0.4, 0.5) is 22.1 Å². The van der Waals surface area contributed by atoms with Crippen molar-refractivity contribution in [1.82, 2.24) is 15.1 Å². The molecule has 2 heterocycles. The summed E-state index contributed by atoms with van der Waals surface area (Å²) in [6.07, 6.45) is 0. The van der Waals surface area contributed by atoms with E-state index in [4.69, 9.17) is 0 Å². The van der Waals surface area contributed by atoms with Crippen molar-refractivity contribution < 1.29 is 4.79 Å².